The van der Waals surface area contributed by atoms with E-state index in [0.29, 0.717) is 30.6 Å². The number of phenolic OH excluding ortho intramolecular Hbond substituents is 2. The molecule has 1 saturated heterocycles. The van der Waals surface area contributed by atoms with Gasteiger partial charge in [-0.05, 0) is 43.4 Å². The molecule has 106 valence electrons. The average molecular weight is 273 g/mol. The van der Waals surface area contributed by atoms with Crippen LogP contribution in [-0.4, -0.2) is 28.6 Å². The molecule has 1 saturated carbocycles. The number of Topliss-reactive ketones (excluding diaryl/α,β-unsaturated/α-hetero) is 1. The minimum absolute atomic E-state index is 0.00653. The van der Waals surface area contributed by atoms with Crippen LogP contribution in [0.25, 0.3) is 0 Å². The Morgan fingerprint density at radius 1 is 1.30 bits per heavy atom. The van der Waals surface area contributed by atoms with Crippen molar-refractivity contribution in [3.05, 3.63) is 23.3 Å². The number of carbonyl (C=O) groups is 1. The van der Waals surface area contributed by atoms with Crippen LogP contribution in [0.2, 0.25) is 0 Å². The van der Waals surface area contributed by atoms with E-state index in [0.717, 1.165) is 36.9 Å². The molecular formula is C16H19NO3. The second-order valence-electron chi connectivity index (χ2n) is 6.49. The van der Waals surface area contributed by atoms with E-state index in [-0.39, 0.29) is 16.9 Å². The Morgan fingerprint density at radius 3 is 3.00 bits per heavy atom. The zero-order valence-electron chi connectivity index (χ0n) is 11.4. The van der Waals surface area contributed by atoms with Gasteiger partial charge in [-0.1, -0.05) is 6.07 Å². The van der Waals surface area contributed by atoms with Crippen LogP contribution in [0.15, 0.2) is 12.1 Å². The fourth-order valence-electron chi connectivity index (χ4n) is 4.81. The molecule has 0 aromatic heterocycles. The third-order valence-corrected chi connectivity index (χ3v) is 5.64. The summed E-state index contributed by atoms with van der Waals surface area (Å²) < 4.78 is 0. The normalized spacial score (nSPS) is 35.3. The fourth-order valence-corrected chi connectivity index (χ4v) is 4.81. The minimum atomic E-state index is -0.121. The van der Waals surface area contributed by atoms with Gasteiger partial charge in [-0.15, -0.1) is 0 Å². The number of fused-ring (bicyclic) bond motifs is 1. The topological polar surface area (TPSA) is 69.6 Å². The lowest BCUT2D eigenvalue weighted by molar-refractivity contribution is -0.125. The number of aromatic hydroxyl groups is 2. The van der Waals surface area contributed by atoms with Crippen LogP contribution in [-0.2, 0) is 16.6 Å². The van der Waals surface area contributed by atoms with Crippen molar-refractivity contribution in [2.45, 2.75) is 43.6 Å². The Bertz CT molecular complexity index is 598. The fraction of sp³-hybridized carbons (Fsp3) is 0.562. The van der Waals surface area contributed by atoms with Gasteiger partial charge in [-0.2, -0.15) is 0 Å². The maximum absolute atomic E-state index is 12.0. The van der Waals surface area contributed by atoms with Crippen LogP contribution >= 0.6 is 0 Å². The molecule has 1 heterocycles. The van der Waals surface area contributed by atoms with Gasteiger partial charge >= 0.3 is 0 Å². The Labute approximate surface area is 117 Å². The first-order chi connectivity index (χ1) is 9.62. The van der Waals surface area contributed by atoms with Gasteiger partial charge in [0.25, 0.3) is 0 Å². The second kappa shape index (κ2) is 3.98. The van der Waals surface area contributed by atoms with Crippen LogP contribution in [0, 0.1) is 5.92 Å². The first kappa shape index (κ1) is 12.2. The Kier molecular flexibility index (Phi) is 2.43. The van der Waals surface area contributed by atoms with Crippen molar-refractivity contribution < 1.29 is 15.0 Å². The zero-order chi connectivity index (χ0) is 13.9. The molecule has 3 unspecified atom stereocenters. The summed E-state index contributed by atoms with van der Waals surface area (Å²) in [5.41, 5.74) is 1.82. The lowest BCUT2D eigenvalue weighted by atomic mass is 9.52. The molecule has 1 aromatic carbocycles. The van der Waals surface area contributed by atoms with E-state index in [9.17, 15) is 15.0 Å². The van der Waals surface area contributed by atoms with Gasteiger partial charge in [0.15, 0.2) is 11.5 Å². The van der Waals surface area contributed by atoms with Gasteiger partial charge in [0, 0.05) is 29.9 Å². The third kappa shape index (κ3) is 1.43. The van der Waals surface area contributed by atoms with Crippen molar-refractivity contribution >= 4 is 5.78 Å². The summed E-state index contributed by atoms with van der Waals surface area (Å²) in [4.78, 5) is 12.0. The molecule has 4 rings (SSSR count). The number of ketones is 1. The molecule has 4 nitrogen and oxygen atoms in total. The molecule has 0 radical (unpaired) electrons. The Hall–Kier alpha value is -1.55. The quantitative estimate of drug-likeness (QED) is 0.628. The SMILES string of the molecule is O=C1CCC2C3Cc4c(ccc(O)c4O)C2(CCN3)C1. The largest absolute Gasteiger partial charge is 0.504 e. The van der Waals surface area contributed by atoms with Gasteiger partial charge < -0.3 is 15.5 Å². The van der Waals surface area contributed by atoms with Crippen molar-refractivity contribution in [1.82, 2.24) is 5.32 Å². The number of nitrogens with one attached hydrogen (secondary N) is 1. The van der Waals surface area contributed by atoms with Crippen molar-refractivity contribution in [1.29, 1.82) is 0 Å². The van der Waals surface area contributed by atoms with Crippen LogP contribution in [0.4, 0.5) is 0 Å². The summed E-state index contributed by atoms with van der Waals surface area (Å²) >= 11 is 0. The molecule has 1 aliphatic heterocycles. The van der Waals surface area contributed by atoms with Gasteiger partial charge in [-0.3, -0.25) is 4.79 Å². The third-order valence-electron chi connectivity index (χ3n) is 5.64. The summed E-state index contributed by atoms with van der Waals surface area (Å²) in [5, 5.41) is 23.5. The van der Waals surface area contributed by atoms with E-state index in [2.05, 4.69) is 5.32 Å². The number of rotatable bonds is 0. The number of hydrogen-bond donors (Lipinski definition) is 3. The molecule has 4 heteroatoms. The van der Waals surface area contributed by atoms with Gasteiger partial charge in [0.05, 0.1) is 0 Å². The Balaban J connectivity index is 1.94. The van der Waals surface area contributed by atoms with Crippen molar-refractivity contribution in [2.75, 3.05) is 6.54 Å². The lowest BCUT2D eigenvalue weighted by Gasteiger charge is -2.55. The van der Waals surface area contributed by atoms with Crippen LogP contribution in [0.5, 0.6) is 11.5 Å². The highest BCUT2D eigenvalue weighted by Gasteiger charge is 2.53. The van der Waals surface area contributed by atoms with E-state index in [1.165, 1.54) is 0 Å². The predicted molar refractivity (Wildman–Crippen MR) is 73.9 cm³/mol. The lowest BCUT2D eigenvalue weighted by Crippen LogP contribution is -2.60. The smallest absolute Gasteiger partial charge is 0.161 e. The van der Waals surface area contributed by atoms with Crippen LogP contribution in [0.1, 0.15) is 36.8 Å². The minimum Gasteiger partial charge on any atom is -0.504 e. The molecular weight excluding hydrogens is 254 g/mol. The van der Waals surface area contributed by atoms with E-state index < -0.39 is 0 Å². The van der Waals surface area contributed by atoms with Gasteiger partial charge in [0.2, 0.25) is 0 Å². The van der Waals surface area contributed by atoms with E-state index in [1.807, 2.05) is 6.07 Å². The maximum atomic E-state index is 12.0. The number of phenols is 2. The Morgan fingerprint density at radius 2 is 2.15 bits per heavy atom. The molecule has 3 aliphatic rings. The highest BCUT2D eigenvalue weighted by molar-refractivity contribution is 5.82. The molecule has 3 atom stereocenters. The first-order valence-corrected chi connectivity index (χ1v) is 7.41. The molecule has 3 N–H and O–H groups in total. The molecule has 2 bridgehead atoms. The van der Waals surface area contributed by atoms with Gasteiger partial charge in [-0.25, -0.2) is 0 Å². The highest BCUT2D eigenvalue weighted by Crippen LogP contribution is 2.55. The summed E-state index contributed by atoms with van der Waals surface area (Å²) in [6, 6.07) is 3.82. The van der Waals surface area contributed by atoms with E-state index in [4.69, 9.17) is 0 Å². The molecule has 2 fully saturated rings. The second-order valence-corrected chi connectivity index (χ2v) is 6.49. The van der Waals surface area contributed by atoms with Crippen molar-refractivity contribution in [3.8, 4) is 11.5 Å². The number of benzene rings is 1. The van der Waals surface area contributed by atoms with Crippen molar-refractivity contribution in [2.24, 2.45) is 5.92 Å². The number of piperidine rings is 1. The standard InChI is InChI=1S/C16H19NO3/c18-9-1-2-12-13-7-10-11(3-4-14(19)15(10)20)16(12,8-9)5-6-17-13/h3-4,12-13,17,19-20H,1-2,5-8H2. The number of hydrogen-bond acceptors (Lipinski definition) is 4. The summed E-state index contributed by atoms with van der Waals surface area (Å²) in [6.45, 7) is 0.926. The average Bonchev–Trinajstić information content (AvgIpc) is 2.42. The monoisotopic (exact) mass is 273 g/mol. The predicted octanol–water partition coefficient (Wildman–Crippen LogP) is 1.62. The molecule has 0 spiro atoms. The summed E-state index contributed by atoms with van der Waals surface area (Å²) in [7, 11) is 0. The number of carbonyl (C=O) groups excluding carboxylic acids is 1. The van der Waals surface area contributed by atoms with Gasteiger partial charge in [0.1, 0.15) is 5.78 Å². The zero-order valence-corrected chi connectivity index (χ0v) is 11.4. The van der Waals surface area contributed by atoms with E-state index >= 15 is 0 Å². The van der Waals surface area contributed by atoms with Crippen LogP contribution < -0.4 is 5.32 Å². The van der Waals surface area contributed by atoms with E-state index in [1.54, 1.807) is 6.07 Å². The molecule has 0 amide bonds. The first-order valence-electron chi connectivity index (χ1n) is 7.41. The highest BCUT2D eigenvalue weighted by atomic mass is 16.3. The summed E-state index contributed by atoms with van der Waals surface area (Å²) in [6.07, 6.45) is 3.90. The maximum Gasteiger partial charge on any atom is 0.161 e. The van der Waals surface area contributed by atoms with Crippen LogP contribution in [0.3, 0.4) is 0 Å². The van der Waals surface area contributed by atoms with Crippen molar-refractivity contribution in [3.63, 3.8) is 0 Å². The molecule has 2 aliphatic carbocycles. The summed E-state index contributed by atoms with van der Waals surface area (Å²) in [5.74, 6) is 0.763. The molecule has 1 aromatic rings. The molecule has 20 heavy (non-hydrogen) atoms.